The van der Waals surface area contributed by atoms with Crippen LogP contribution in [0.4, 0.5) is 0 Å². The first kappa shape index (κ1) is 20.3. The summed E-state index contributed by atoms with van der Waals surface area (Å²) < 4.78 is 1.39. The molecule has 0 radical (unpaired) electrons. The van der Waals surface area contributed by atoms with Gasteiger partial charge in [0.2, 0.25) is 0 Å². The lowest BCUT2D eigenvalue weighted by Crippen LogP contribution is -2.53. The van der Waals surface area contributed by atoms with Crippen LogP contribution in [0.1, 0.15) is 49.3 Å². The fourth-order valence-corrected chi connectivity index (χ4v) is 4.21. The standard InChI is InChI=1S/C23H29N5O2/c1-16-20(17-10-6-4-7-11-17)21-25-18(14-19(29)28(21)26-16)22(30)24-15-23(2,3)27-12-8-5-9-13-27/h4,6-7,10-11,14,26H,5,8-9,12-13,15H2,1-3H3,(H,24,30). The lowest BCUT2D eigenvalue weighted by molar-refractivity contribution is 0.0794. The molecule has 30 heavy (non-hydrogen) atoms. The van der Waals surface area contributed by atoms with E-state index in [1.165, 1.54) is 29.8 Å². The van der Waals surface area contributed by atoms with Crippen molar-refractivity contribution in [3.8, 4) is 11.1 Å². The first-order chi connectivity index (χ1) is 14.4. The van der Waals surface area contributed by atoms with E-state index in [0.29, 0.717) is 12.2 Å². The second-order valence-corrected chi connectivity index (χ2v) is 8.66. The number of carbonyl (C=O) groups excluding carboxylic acids is 1. The number of hydrogen-bond donors (Lipinski definition) is 2. The maximum atomic E-state index is 12.9. The zero-order valence-corrected chi connectivity index (χ0v) is 17.9. The smallest absolute Gasteiger partial charge is 0.273 e. The Bertz CT molecular complexity index is 1110. The first-order valence-electron chi connectivity index (χ1n) is 10.6. The summed E-state index contributed by atoms with van der Waals surface area (Å²) in [6.45, 7) is 8.80. The molecule has 4 rings (SSSR count). The van der Waals surface area contributed by atoms with Gasteiger partial charge in [0.15, 0.2) is 5.65 Å². The number of fused-ring (bicyclic) bond motifs is 1. The van der Waals surface area contributed by atoms with Gasteiger partial charge in [-0.05, 0) is 52.3 Å². The van der Waals surface area contributed by atoms with Gasteiger partial charge in [-0.3, -0.25) is 19.6 Å². The molecular formula is C23H29N5O2. The van der Waals surface area contributed by atoms with Crippen LogP contribution in [0.5, 0.6) is 0 Å². The van der Waals surface area contributed by atoms with Crippen molar-refractivity contribution in [1.82, 2.24) is 24.8 Å². The number of aromatic amines is 1. The van der Waals surface area contributed by atoms with Crippen LogP contribution >= 0.6 is 0 Å². The third-order valence-electron chi connectivity index (χ3n) is 5.99. The van der Waals surface area contributed by atoms with Crippen molar-refractivity contribution >= 4 is 11.6 Å². The molecule has 0 saturated carbocycles. The van der Waals surface area contributed by atoms with E-state index in [1.54, 1.807) is 0 Å². The molecule has 1 amide bonds. The van der Waals surface area contributed by atoms with E-state index in [-0.39, 0.29) is 22.7 Å². The van der Waals surface area contributed by atoms with Crippen LogP contribution in [-0.4, -0.2) is 50.6 Å². The van der Waals surface area contributed by atoms with Crippen LogP contribution in [0.25, 0.3) is 16.8 Å². The van der Waals surface area contributed by atoms with Crippen molar-refractivity contribution < 1.29 is 4.79 Å². The Morgan fingerprint density at radius 2 is 1.87 bits per heavy atom. The van der Waals surface area contributed by atoms with Crippen LogP contribution in [0.3, 0.4) is 0 Å². The summed E-state index contributed by atoms with van der Waals surface area (Å²) in [4.78, 5) is 32.5. The fraction of sp³-hybridized carbons (Fsp3) is 0.435. The van der Waals surface area contributed by atoms with Crippen molar-refractivity contribution in [2.45, 2.75) is 45.6 Å². The number of aryl methyl sites for hydroxylation is 1. The molecule has 0 atom stereocenters. The molecule has 0 bridgehead atoms. The second-order valence-electron chi connectivity index (χ2n) is 8.66. The highest BCUT2D eigenvalue weighted by Crippen LogP contribution is 2.26. The molecule has 0 spiro atoms. The highest BCUT2D eigenvalue weighted by molar-refractivity contribution is 5.93. The number of aromatic nitrogens is 3. The van der Waals surface area contributed by atoms with Crippen LogP contribution in [0, 0.1) is 6.92 Å². The topological polar surface area (TPSA) is 82.5 Å². The molecule has 0 aliphatic carbocycles. The molecule has 3 heterocycles. The van der Waals surface area contributed by atoms with Gasteiger partial charge in [-0.15, -0.1) is 0 Å². The van der Waals surface area contributed by atoms with Crippen molar-refractivity contribution in [2.75, 3.05) is 19.6 Å². The molecule has 0 unspecified atom stereocenters. The number of rotatable bonds is 5. The summed E-state index contributed by atoms with van der Waals surface area (Å²) in [6.07, 6.45) is 3.66. The number of likely N-dealkylation sites (tertiary alicyclic amines) is 1. The minimum atomic E-state index is -0.322. The van der Waals surface area contributed by atoms with Crippen LogP contribution in [0.2, 0.25) is 0 Å². The van der Waals surface area contributed by atoms with E-state index in [1.807, 2.05) is 37.3 Å². The lowest BCUT2D eigenvalue weighted by Gasteiger charge is -2.41. The molecule has 7 heteroatoms. The Morgan fingerprint density at radius 3 is 2.57 bits per heavy atom. The molecular weight excluding hydrogens is 378 g/mol. The minimum Gasteiger partial charge on any atom is -0.349 e. The Kier molecular flexibility index (Phi) is 5.47. The fourth-order valence-electron chi connectivity index (χ4n) is 4.21. The van der Waals surface area contributed by atoms with E-state index in [2.05, 4.69) is 34.1 Å². The Labute approximate surface area is 176 Å². The lowest BCUT2D eigenvalue weighted by atomic mass is 9.98. The summed E-state index contributed by atoms with van der Waals surface area (Å²) in [5.74, 6) is -0.322. The van der Waals surface area contributed by atoms with Gasteiger partial charge in [-0.25, -0.2) is 9.50 Å². The average molecular weight is 408 g/mol. The second kappa shape index (κ2) is 8.07. The predicted molar refractivity (Wildman–Crippen MR) is 118 cm³/mol. The highest BCUT2D eigenvalue weighted by Gasteiger charge is 2.28. The Morgan fingerprint density at radius 1 is 1.17 bits per heavy atom. The Hall–Kier alpha value is -2.93. The summed E-state index contributed by atoms with van der Waals surface area (Å²) in [7, 11) is 0. The van der Waals surface area contributed by atoms with Crippen molar-refractivity contribution in [3.63, 3.8) is 0 Å². The van der Waals surface area contributed by atoms with Crippen LogP contribution in [-0.2, 0) is 0 Å². The number of amides is 1. The molecule has 1 aromatic carbocycles. The number of piperidine rings is 1. The van der Waals surface area contributed by atoms with Crippen molar-refractivity contribution in [1.29, 1.82) is 0 Å². The summed E-state index contributed by atoms with van der Waals surface area (Å²) >= 11 is 0. The van der Waals surface area contributed by atoms with Gasteiger partial charge in [0.25, 0.3) is 11.5 Å². The van der Waals surface area contributed by atoms with Gasteiger partial charge < -0.3 is 5.32 Å². The van der Waals surface area contributed by atoms with E-state index in [4.69, 9.17) is 0 Å². The number of nitrogens with one attached hydrogen (secondary N) is 2. The maximum absolute atomic E-state index is 12.9. The largest absolute Gasteiger partial charge is 0.349 e. The number of H-pyrrole nitrogens is 1. The molecule has 1 aliphatic heterocycles. The Balaban J connectivity index is 1.61. The van der Waals surface area contributed by atoms with Gasteiger partial charge in [0.05, 0.1) is 0 Å². The van der Waals surface area contributed by atoms with Gasteiger partial charge in [-0.2, -0.15) is 0 Å². The van der Waals surface area contributed by atoms with Gasteiger partial charge in [0.1, 0.15) is 5.69 Å². The van der Waals surface area contributed by atoms with Crippen LogP contribution in [0.15, 0.2) is 41.2 Å². The van der Waals surface area contributed by atoms with E-state index in [9.17, 15) is 9.59 Å². The quantitative estimate of drug-likeness (QED) is 0.681. The van der Waals surface area contributed by atoms with E-state index < -0.39 is 0 Å². The molecule has 2 N–H and O–H groups in total. The van der Waals surface area contributed by atoms with E-state index in [0.717, 1.165) is 29.9 Å². The molecule has 7 nitrogen and oxygen atoms in total. The normalized spacial score (nSPS) is 15.4. The van der Waals surface area contributed by atoms with Crippen molar-refractivity contribution in [2.24, 2.45) is 0 Å². The van der Waals surface area contributed by atoms with Gasteiger partial charge >= 0.3 is 0 Å². The summed E-state index contributed by atoms with van der Waals surface area (Å²) in [5.41, 5.74) is 2.77. The SMILES string of the molecule is Cc1[nH]n2c(=O)cc(C(=O)NCC(C)(C)N3CCCCC3)nc2c1-c1ccccc1. The van der Waals surface area contributed by atoms with Crippen molar-refractivity contribution in [3.05, 3.63) is 58.1 Å². The minimum absolute atomic E-state index is 0.144. The summed E-state index contributed by atoms with van der Waals surface area (Å²) in [5, 5.41) is 6.06. The number of carbonyl (C=O) groups is 1. The molecule has 158 valence electrons. The highest BCUT2D eigenvalue weighted by atomic mass is 16.2. The predicted octanol–water partition coefficient (Wildman–Crippen LogP) is 2.99. The zero-order chi connectivity index (χ0) is 21.3. The number of nitrogens with zero attached hydrogens (tertiary/aromatic N) is 3. The van der Waals surface area contributed by atoms with Gasteiger partial charge in [-0.1, -0.05) is 36.8 Å². The third-order valence-corrected chi connectivity index (χ3v) is 5.99. The zero-order valence-electron chi connectivity index (χ0n) is 17.9. The molecule has 1 aliphatic rings. The van der Waals surface area contributed by atoms with Crippen LogP contribution < -0.4 is 10.9 Å². The maximum Gasteiger partial charge on any atom is 0.273 e. The monoisotopic (exact) mass is 407 g/mol. The molecule has 1 fully saturated rings. The summed E-state index contributed by atoms with van der Waals surface area (Å²) in [6, 6.07) is 11.1. The number of benzene rings is 1. The molecule has 3 aromatic rings. The van der Waals surface area contributed by atoms with Gasteiger partial charge in [0, 0.05) is 29.4 Å². The average Bonchev–Trinajstić information content (AvgIpc) is 3.10. The molecule has 2 aromatic heterocycles. The number of hydrogen-bond acceptors (Lipinski definition) is 4. The van der Waals surface area contributed by atoms with E-state index >= 15 is 0 Å². The third kappa shape index (κ3) is 3.89. The first-order valence-corrected chi connectivity index (χ1v) is 10.6. The molecule has 1 saturated heterocycles.